The summed E-state index contributed by atoms with van der Waals surface area (Å²) in [6, 6.07) is 7.43. The first-order valence-electron chi connectivity index (χ1n) is 4.98. The first-order chi connectivity index (χ1) is 7.58. The fourth-order valence-electron chi connectivity index (χ4n) is 1.27. The zero-order chi connectivity index (χ0) is 12.1. The first kappa shape index (κ1) is 12.6. The van der Waals surface area contributed by atoms with Crippen LogP contribution in [0.15, 0.2) is 23.1 Å². The highest BCUT2D eigenvalue weighted by molar-refractivity contribution is 8.00. The Labute approximate surface area is 99.1 Å². The number of aromatic carboxylic acids is 1. The summed E-state index contributed by atoms with van der Waals surface area (Å²) in [7, 11) is 0. The summed E-state index contributed by atoms with van der Waals surface area (Å²) in [6.07, 6.45) is 0.747. The molecular formula is C12H13NO2S. The van der Waals surface area contributed by atoms with Crippen molar-refractivity contribution in [2.75, 3.05) is 0 Å². The summed E-state index contributed by atoms with van der Waals surface area (Å²) in [5, 5.41) is 17.7. The van der Waals surface area contributed by atoms with Gasteiger partial charge in [0, 0.05) is 4.90 Å². The molecule has 0 fully saturated rings. The van der Waals surface area contributed by atoms with Crippen LogP contribution < -0.4 is 0 Å². The van der Waals surface area contributed by atoms with E-state index in [1.54, 1.807) is 19.1 Å². The number of thioether (sulfide) groups is 1. The number of hydrogen-bond acceptors (Lipinski definition) is 3. The minimum Gasteiger partial charge on any atom is -0.478 e. The topological polar surface area (TPSA) is 61.1 Å². The van der Waals surface area contributed by atoms with E-state index in [1.807, 2.05) is 13.0 Å². The molecule has 0 aliphatic carbocycles. The number of nitrogens with zero attached hydrogens (tertiary/aromatic N) is 1. The molecule has 0 spiro atoms. The van der Waals surface area contributed by atoms with Gasteiger partial charge in [0.05, 0.1) is 16.9 Å². The summed E-state index contributed by atoms with van der Waals surface area (Å²) in [4.78, 5) is 11.8. The van der Waals surface area contributed by atoms with Gasteiger partial charge in [0.15, 0.2) is 0 Å². The standard InChI is InChI=1S/C12H13NO2S/c1-3-9(7-13)16-10-5-4-8(2)11(6-10)12(14)15/h4-6,9H,3H2,1-2H3,(H,14,15). The number of carboxylic acids is 1. The molecule has 1 aromatic rings. The zero-order valence-electron chi connectivity index (χ0n) is 9.23. The average Bonchev–Trinajstić information content (AvgIpc) is 2.27. The average molecular weight is 235 g/mol. The van der Waals surface area contributed by atoms with Gasteiger partial charge in [-0.2, -0.15) is 5.26 Å². The largest absolute Gasteiger partial charge is 0.478 e. The van der Waals surface area contributed by atoms with Crippen LogP contribution >= 0.6 is 11.8 Å². The quantitative estimate of drug-likeness (QED) is 0.815. The molecule has 1 unspecified atom stereocenters. The molecular weight excluding hydrogens is 222 g/mol. The Morgan fingerprint density at radius 3 is 2.81 bits per heavy atom. The maximum atomic E-state index is 10.9. The van der Waals surface area contributed by atoms with Gasteiger partial charge in [-0.25, -0.2) is 4.79 Å². The molecule has 1 N–H and O–H groups in total. The number of aryl methyl sites for hydroxylation is 1. The molecule has 0 aliphatic heterocycles. The van der Waals surface area contributed by atoms with Crippen molar-refractivity contribution >= 4 is 17.7 Å². The van der Waals surface area contributed by atoms with Gasteiger partial charge >= 0.3 is 5.97 Å². The van der Waals surface area contributed by atoms with E-state index in [2.05, 4.69) is 6.07 Å². The van der Waals surface area contributed by atoms with Crippen LogP contribution in [0.4, 0.5) is 0 Å². The summed E-state index contributed by atoms with van der Waals surface area (Å²) < 4.78 is 0. The maximum absolute atomic E-state index is 10.9. The minimum absolute atomic E-state index is 0.121. The van der Waals surface area contributed by atoms with Crippen LogP contribution in [0.2, 0.25) is 0 Å². The molecule has 1 rings (SSSR count). The van der Waals surface area contributed by atoms with Crippen molar-refractivity contribution in [2.24, 2.45) is 0 Å². The number of carboxylic acid groups (broad SMARTS) is 1. The number of rotatable bonds is 4. The van der Waals surface area contributed by atoms with E-state index in [9.17, 15) is 4.79 Å². The molecule has 4 heteroatoms. The number of carbonyl (C=O) groups is 1. The third kappa shape index (κ3) is 3.01. The molecule has 1 aromatic carbocycles. The van der Waals surface area contributed by atoms with E-state index in [0.29, 0.717) is 5.56 Å². The third-order valence-electron chi connectivity index (χ3n) is 2.23. The van der Waals surface area contributed by atoms with Gasteiger partial charge in [-0.05, 0) is 31.0 Å². The summed E-state index contributed by atoms with van der Waals surface area (Å²) in [5.41, 5.74) is 1.04. The van der Waals surface area contributed by atoms with Crippen molar-refractivity contribution in [3.05, 3.63) is 29.3 Å². The molecule has 0 bridgehead atoms. The fraction of sp³-hybridized carbons (Fsp3) is 0.333. The molecule has 0 saturated heterocycles. The van der Waals surface area contributed by atoms with Crippen molar-refractivity contribution in [3.8, 4) is 6.07 Å². The van der Waals surface area contributed by atoms with Crippen LogP contribution in [-0.4, -0.2) is 16.3 Å². The van der Waals surface area contributed by atoms with Gasteiger partial charge in [0.1, 0.15) is 0 Å². The van der Waals surface area contributed by atoms with Crippen LogP contribution in [0.1, 0.15) is 29.3 Å². The number of benzene rings is 1. The summed E-state index contributed by atoms with van der Waals surface area (Å²) in [5.74, 6) is -0.926. The number of nitriles is 1. The highest BCUT2D eigenvalue weighted by Crippen LogP contribution is 2.26. The van der Waals surface area contributed by atoms with E-state index < -0.39 is 5.97 Å². The smallest absolute Gasteiger partial charge is 0.335 e. The lowest BCUT2D eigenvalue weighted by molar-refractivity contribution is 0.0696. The first-order valence-corrected chi connectivity index (χ1v) is 5.86. The van der Waals surface area contributed by atoms with Gasteiger partial charge in [-0.15, -0.1) is 11.8 Å². The Hall–Kier alpha value is -1.47. The van der Waals surface area contributed by atoms with Gasteiger partial charge in [0.2, 0.25) is 0 Å². The molecule has 0 aromatic heterocycles. The SMILES string of the molecule is CCC(C#N)Sc1ccc(C)c(C(=O)O)c1. The van der Waals surface area contributed by atoms with Crippen molar-refractivity contribution < 1.29 is 9.90 Å². The molecule has 3 nitrogen and oxygen atoms in total. The predicted octanol–water partition coefficient (Wildman–Crippen LogP) is 3.09. The van der Waals surface area contributed by atoms with E-state index >= 15 is 0 Å². The van der Waals surface area contributed by atoms with Crippen molar-refractivity contribution in [3.63, 3.8) is 0 Å². The lowest BCUT2D eigenvalue weighted by Gasteiger charge is -2.08. The second-order valence-corrected chi connectivity index (χ2v) is 4.70. The molecule has 84 valence electrons. The Balaban J connectivity index is 2.96. The Morgan fingerprint density at radius 1 is 1.62 bits per heavy atom. The normalized spacial score (nSPS) is 11.8. The molecule has 0 aliphatic rings. The second-order valence-electron chi connectivity index (χ2n) is 3.43. The van der Waals surface area contributed by atoms with Gasteiger partial charge in [-0.3, -0.25) is 0 Å². The second kappa shape index (κ2) is 5.57. The fourth-order valence-corrected chi connectivity index (χ4v) is 2.15. The van der Waals surface area contributed by atoms with E-state index in [1.165, 1.54) is 11.8 Å². The predicted molar refractivity (Wildman–Crippen MR) is 63.7 cm³/mol. The van der Waals surface area contributed by atoms with E-state index in [4.69, 9.17) is 10.4 Å². The molecule has 0 saturated carbocycles. The lowest BCUT2D eigenvalue weighted by Crippen LogP contribution is -2.01. The monoisotopic (exact) mass is 235 g/mol. The van der Waals surface area contributed by atoms with Crippen molar-refractivity contribution in [2.45, 2.75) is 30.4 Å². The Morgan fingerprint density at radius 2 is 2.31 bits per heavy atom. The Bertz CT molecular complexity index is 437. The molecule has 0 heterocycles. The van der Waals surface area contributed by atoms with Crippen LogP contribution in [0.25, 0.3) is 0 Å². The maximum Gasteiger partial charge on any atom is 0.335 e. The van der Waals surface area contributed by atoms with E-state index in [0.717, 1.165) is 16.9 Å². The van der Waals surface area contributed by atoms with Crippen LogP contribution in [0.5, 0.6) is 0 Å². The van der Waals surface area contributed by atoms with Gasteiger partial charge in [0.25, 0.3) is 0 Å². The van der Waals surface area contributed by atoms with Crippen molar-refractivity contribution in [1.29, 1.82) is 5.26 Å². The minimum atomic E-state index is -0.926. The zero-order valence-corrected chi connectivity index (χ0v) is 10.0. The van der Waals surface area contributed by atoms with E-state index in [-0.39, 0.29) is 5.25 Å². The van der Waals surface area contributed by atoms with Crippen LogP contribution in [0, 0.1) is 18.3 Å². The number of hydrogen-bond donors (Lipinski definition) is 1. The third-order valence-corrected chi connectivity index (χ3v) is 3.48. The molecule has 16 heavy (non-hydrogen) atoms. The molecule has 1 atom stereocenters. The molecule has 0 amide bonds. The van der Waals surface area contributed by atoms with Gasteiger partial charge < -0.3 is 5.11 Å². The van der Waals surface area contributed by atoms with Crippen molar-refractivity contribution in [1.82, 2.24) is 0 Å². The highest BCUT2D eigenvalue weighted by atomic mass is 32.2. The van der Waals surface area contributed by atoms with Crippen LogP contribution in [0.3, 0.4) is 0 Å². The van der Waals surface area contributed by atoms with Gasteiger partial charge in [-0.1, -0.05) is 13.0 Å². The highest BCUT2D eigenvalue weighted by Gasteiger charge is 2.11. The lowest BCUT2D eigenvalue weighted by atomic mass is 10.1. The summed E-state index contributed by atoms with van der Waals surface area (Å²) >= 11 is 1.40. The Kier molecular flexibility index (Phi) is 4.39. The molecule has 0 radical (unpaired) electrons. The van der Waals surface area contributed by atoms with Crippen LogP contribution in [-0.2, 0) is 0 Å². The summed E-state index contributed by atoms with van der Waals surface area (Å²) in [6.45, 7) is 3.70.